The van der Waals surface area contributed by atoms with Crippen LogP contribution in [0.15, 0.2) is 91.0 Å². The monoisotopic (exact) mass is 484 g/mol. The van der Waals surface area contributed by atoms with Crippen molar-refractivity contribution in [1.29, 1.82) is 0 Å². The number of benzene rings is 4. The quantitative estimate of drug-likeness (QED) is 0.360. The Kier molecular flexibility index (Phi) is 7.55. The van der Waals surface area contributed by atoms with E-state index in [4.69, 9.17) is 9.47 Å². The van der Waals surface area contributed by atoms with E-state index in [1.807, 2.05) is 84.9 Å². The summed E-state index contributed by atoms with van der Waals surface area (Å²) in [6, 6.07) is 29.4. The third kappa shape index (κ3) is 5.73. The van der Waals surface area contributed by atoms with Crippen molar-refractivity contribution in [2.24, 2.45) is 0 Å². The van der Waals surface area contributed by atoms with E-state index in [-0.39, 0.29) is 6.61 Å². The van der Waals surface area contributed by atoms with Crippen molar-refractivity contribution in [3.8, 4) is 17.2 Å². The first-order valence-corrected chi connectivity index (χ1v) is 12.4. The second-order valence-electron chi connectivity index (χ2n) is 9.12. The van der Waals surface area contributed by atoms with Gasteiger partial charge in [-0.05, 0) is 29.8 Å². The SMILES string of the molecule is Oc1ccccc1N1CCN(CC(O)COc2ccc(OCc3ccccc3)c3ccccc23)CC1. The molecule has 6 heteroatoms. The molecule has 1 atom stereocenters. The fourth-order valence-corrected chi connectivity index (χ4v) is 4.67. The van der Waals surface area contributed by atoms with Crippen LogP contribution >= 0.6 is 0 Å². The molecule has 4 aromatic carbocycles. The molecule has 1 unspecified atom stereocenters. The zero-order valence-electron chi connectivity index (χ0n) is 20.3. The molecule has 5 rings (SSSR count). The lowest BCUT2D eigenvalue weighted by Gasteiger charge is -2.37. The number of aliphatic hydroxyl groups excluding tert-OH is 1. The Balaban J connectivity index is 1.16. The molecule has 0 spiro atoms. The smallest absolute Gasteiger partial charge is 0.138 e. The fourth-order valence-electron chi connectivity index (χ4n) is 4.67. The molecule has 1 heterocycles. The Morgan fingerprint density at radius 3 is 2.00 bits per heavy atom. The van der Waals surface area contributed by atoms with Crippen molar-refractivity contribution < 1.29 is 19.7 Å². The minimum absolute atomic E-state index is 0.216. The number of rotatable bonds is 9. The minimum atomic E-state index is -0.602. The molecule has 186 valence electrons. The van der Waals surface area contributed by atoms with Crippen LogP contribution in [0.25, 0.3) is 10.8 Å². The molecule has 0 aromatic heterocycles. The number of anilines is 1. The molecule has 0 aliphatic carbocycles. The van der Waals surface area contributed by atoms with Gasteiger partial charge >= 0.3 is 0 Å². The predicted octanol–water partition coefficient (Wildman–Crippen LogP) is 4.69. The Hall–Kier alpha value is -3.74. The Morgan fingerprint density at radius 2 is 1.31 bits per heavy atom. The number of aromatic hydroxyl groups is 1. The van der Waals surface area contributed by atoms with Crippen molar-refractivity contribution in [2.75, 3.05) is 44.2 Å². The maximum atomic E-state index is 10.7. The van der Waals surface area contributed by atoms with Crippen molar-refractivity contribution in [2.45, 2.75) is 12.7 Å². The van der Waals surface area contributed by atoms with E-state index in [0.29, 0.717) is 18.9 Å². The van der Waals surface area contributed by atoms with Crippen LogP contribution in [0.1, 0.15) is 5.56 Å². The summed E-state index contributed by atoms with van der Waals surface area (Å²) in [6.07, 6.45) is -0.602. The summed E-state index contributed by atoms with van der Waals surface area (Å²) >= 11 is 0. The van der Waals surface area contributed by atoms with E-state index in [1.54, 1.807) is 6.07 Å². The Labute approximate surface area is 211 Å². The van der Waals surface area contributed by atoms with Gasteiger partial charge in [0.15, 0.2) is 0 Å². The summed E-state index contributed by atoms with van der Waals surface area (Å²) in [6.45, 7) is 4.52. The van der Waals surface area contributed by atoms with E-state index >= 15 is 0 Å². The van der Waals surface area contributed by atoms with Crippen LogP contribution in [-0.2, 0) is 6.61 Å². The van der Waals surface area contributed by atoms with Crippen LogP contribution < -0.4 is 14.4 Å². The minimum Gasteiger partial charge on any atom is -0.506 e. The normalized spacial score (nSPS) is 15.1. The second-order valence-corrected chi connectivity index (χ2v) is 9.12. The van der Waals surface area contributed by atoms with Crippen LogP contribution in [0.4, 0.5) is 5.69 Å². The molecule has 2 N–H and O–H groups in total. The molecule has 0 amide bonds. The number of fused-ring (bicyclic) bond motifs is 1. The molecule has 1 fully saturated rings. The number of phenols is 1. The zero-order valence-corrected chi connectivity index (χ0v) is 20.3. The van der Waals surface area contributed by atoms with Crippen molar-refractivity contribution in [1.82, 2.24) is 4.90 Å². The van der Waals surface area contributed by atoms with Gasteiger partial charge in [-0.1, -0.05) is 66.7 Å². The number of nitrogens with zero attached hydrogens (tertiary/aromatic N) is 2. The largest absolute Gasteiger partial charge is 0.506 e. The number of aliphatic hydroxyl groups is 1. The highest BCUT2D eigenvalue weighted by molar-refractivity contribution is 5.93. The van der Waals surface area contributed by atoms with Gasteiger partial charge in [-0.3, -0.25) is 4.90 Å². The molecule has 0 saturated carbocycles. The lowest BCUT2D eigenvalue weighted by atomic mass is 10.1. The highest BCUT2D eigenvalue weighted by atomic mass is 16.5. The van der Waals surface area contributed by atoms with Crippen LogP contribution in [0.2, 0.25) is 0 Å². The second kappa shape index (κ2) is 11.3. The first kappa shape index (κ1) is 24.0. The topological polar surface area (TPSA) is 65.4 Å². The number of phenolic OH excluding ortho intramolecular Hbond substituents is 1. The highest BCUT2D eigenvalue weighted by Crippen LogP contribution is 2.34. The first-order chi connectivity index (χ1) is 17.7. The van der Waals surface area contributed by atoms with Gasteiger partial charge in [0, 0.05) is 43.5 Å². The van der Waals surface area contributed by atoms with Gasteiger partial charge < -0.3 is 24.6 Å². The Bertz CT molecular complexity index is 1270. The molecule has 0 radical (unpaired) electrons. The number of hydrogen-bond acceptors (Lipinski definition) is 6. The molecule has 36 heavy (non-hydrogen) atoms. The van der Waals surface area contributed by atoms with Gasteiger partial charge in [0.1, 0.15) is 36.6 Å². The fraction of sp³-hybridized carbons (Fsp3) is 0.267. The molecule has 1 aliphatic rings. The summed E-state index contributed by atoms with van der Waals surface area (Å²) in [4.78, 5) is 4.42. The lowest BCUT2D eigenvalue weighted by Crippen LogP contribution is -2.49. The predicted molar refractivity (Wildman–Crippen MR) is 143 cm³/mol. The summed E-state index contributed by atoms with van der Waals surface area (Å²) in [5, 5.41) is 22.7. The Morgan fingerprint density at radius 1 is 0.694 bits per heavy atom. The summed E-state index contributed by atoms with van der Waals surface area (Å²) in [5.41, 5.74) is 1.98. The number of ether oxygens (including phenoxy) is 2. The van der Waals surface area contributed by atoms with Gasteiger partial charge in [0.2, 0.25) is 0 Å². The van der Waals surface area contributed by atoms with Gasteiger partial charge in [-0.2, -0.15) is 0 Å². The van der Waals surface area contributed by atoms with Crippen molar-refractivity contribution in [3.05, 3.63) is 96.6 Å². The molecule has 4 aromatic rings. The third-order valence-electron chi connectivity index (χ3n) is 6.58. The number of hydrogen-bond donors (Lipinski definition) is 2. The molecule has 1 aliphatic heterocycles. The van der Waals surface area contributed by atoms with E-state index in [2.05, 4.69) is 9.80 Å². The van der Waals surface area contributed by atoms with Gasteiger partial charge in [0.05, 0.1) is 5.69 Å². The maximum absolute atomic E-state index is 10.7. The zero-order chi connectivity index (χ0) is 24.7. The average Bonchev–Trinajstić information content (AvgIpc) is 2.92. The van der Waals surface area contributed by atoms with Crippen LogP contribution in [-0.4, -0.2) is 60.5 Å². The average molecular weight is 485 g/mol. The van der Waals surface area contributed by atoms with Crippen LogP contribution in [0, 0.1) is 0 Å². The lowest BCUT2D eigenvalue weighted by molar-refractivity contribution is 0.0668. The van der Waals surface area contributed by atoms with Crippen LogP contribution in [0.3, 0.4) is 0 Å². The third-order valence-corrected chi connectivity index (χ3v) is 6.58. The maximum Gasteiger partial charge on any atom is 0.138 e. The van der Waals surface area contributed by atoms with Crippen LogP contribution in [0.5, 0.6) is 17.2 Å². The number of β-amino-alcohol motifs (C(OH)–C–C–N with tert-alkyl or cyclic N) is 1. The van der Waals surface area contributed by atoms with Gasteiger partial charge in [-0.25, -0.2) is 0 Å². The highest BCUT2D eigenvalue weighted by Gasteiger charge is 2.21. The molecule has 1 saturated heterocycles. The van der Waals surface area contributed by atoms with E-state index in [0.717, 1.165) is 59.7 Å². The molecule has 0 bridgehead atoms. The molecular formula is C30H32N2O4. The van der Waals surface area contributed by atoms with E-state index in [9.17, 15) is 10.2 Å². The van der Waals surface area contributed by atoms with Crippen molar-refractivity contribution in [3.63, 3.8) is 0 Å². The van der Waals surface area contributed by atoms with Gasteiger partial charge in [-0.15, -0.1) is 0 Å². The first-order valence-electron chi connectivity index (χ1n) is 12.4. The number of piperazine rings is 1. The molecule has 6 nitrogen and oxygen atoms in total. The number of para-hydroxylation sites is 2. The summed E-state index contributed by atoms with van der Waals surface area (Å²) < 4.78 is 12.2. The molecular weight excluding hydrogens is 452 g/mol. The summed E-state index contributed by atoms with van der Waals surface area (Å²) in [5.74, 6) is 1.86. The standard InChI is InChI=1S/C30H32N2O4/c33-24(20-31-16-18-32(19-17-31)27-12-6-7-13-28(27)34)22-36-30-15-14-29(25-10-4-5-11-26(25)30)35-21-23-8-2-1-3-9-23/h1-15,24,33-34H,16-22H2. The summed E-state index contributed by atoms with van der Waals surface area (Å²) in [7, 11) is 0. The van der Waals surface area contributed by atoms with Gasteiger partial charge in [0.25, 0.3) is 0 Å². The van der Waals surface area contributed by atoms with E-state index < -0.39 is 6.10 Å². The van der Waals surface area contributed by atoms with Crippen molar-refractivity contribution >= 4 is 16.5 Å². The van der Waals surface area contributed by atoms with E-state index in [1.165, 1.54) is 0 Å².